The number of hydrogen-bond acceptors (Lipinski definition) is 7. The number of hydrogen-bond donors (Lipinski definition) is 2. The summed E-state index contributed by atoms with van der Waals surface area (Å²) in [7, 11) is 0. The number of carbonyl (C=O) groups is 2. The van der Waals surface area contributed by atoms with E-state index in [0.29, 0.717) is 0 Å². The molecule has 2 N–H and O–H groups in total. The van der Waals surface area contributed by atoms with E-state index >= 15 is 0 Å². The van der Waals surface area contributed by atoms with Gasteiger partial charge in [0.05, 0.1) is 22.9 Å². The predicted octanol–water partition coefficient (Wildman–Crippen LogP) is -1.01. The van der Waals surface area contributed by atoms with Crippen molar-refractivity contribution in [3.63, 3.8) is 0 Å². The molecule has 22 heavy (non-hydrogen) atoms. The first-order valence-electron chi connectivity index (χ1n) is 7.64. The van der Waals surface area contributed by atoms with Crippen LogP contribution in [0.15, 0.2) is 0 Å². The normalized spacial score (nSPS) is 60.7. The van der Waals surface area contributed by atoms with Gasteiger partial charge in [-0.25, -0.2) is 0 Å². The Morgan fingerprint density at radius 1 is 1.05 bits per heavy atom. The standard InChI is InChI=1S/C15H18O7/c1-13(2,18)4-5-11(16)21-7(4)9-14(3)6(12(17)22-9)8-10(20-8)15(5,14)19/h4-10,18-19H,1-3H3/t4-,5+,6-,7+,8?,9+,10-,14+,15-/m0/s1. The molecule has 5 aliphatic rings. The van der Waals surface area contributed by atoms with Gasteiger partial charge in [-0.2, -0.15) is 0 Å². The number of rotatable bonds is 1. The summed E-state index contributed by atoms with van der Waals surface area (Å²) in [5.41, 5.74) is -3.72. The Labute approximate surface area is 126 Å². The van der Waals surface area contributed by atoms with Crippen molar-refractivity contribution in [3.05, 3.63) is 0 Å². The fourth-order valence-corrected chi connectivity index (χ4v) is 5.78. The lowest BCUT2D eigenvalue weighted by molar-refractivity contribution is -0.225. The van der Waals surface area contributed by atoms with Gasteiger partial charge in [0.25, 0.3) is 0 Å². The minimum absolute atomic E-state index is 0.401. The van der Waals surface area contributed by atoms with E-state index in [2.05, 4.69) is 0 Å². The Morgan fingerprint density at radius 3 is 2.32 bits per heavy atom. The molecule has 0 aromatic rings. The molecule has 3 aliphatic heterocycles. The van der Waals surface area contributed by atoms with Crippen LogP contribution in [0.4, 0.5) is 0 Å². The predicted molar refractivity (Wildman–Crippen MR) is 68.2 cm³/mol. The molecule has 3 saturated heterocycles. The second kappa shape index (κ2) is 3.20. The van der Waals surface area contributed by atoms with Crippen LogP contribution in [-0.2, 0) is 23.8 Å². The van der Waals surface area contributed by atoms with Gasteiger partial charge in [0.15, 0.2) is 0 Å². The molecule has 9 atom stereocenters. The maximum Gasteiger partial charge on any atom is 0.312 e. The highest BCUT2D eigenvalue weighted by Crippen LogP contribution is 2.73. The van der Waals surface area contributed by atoms with Gasteiger partial charge in [-0.3, -0.25) is 9.59 Å². The zero-order chi connectivity index (χ0) is 15.8. The first-order valence-corrected chi connectivity index (χ1v) is 7.64. The van der Waals surface area contributed by atoms with Crippen molar-refractivity contribution >= 4 is 11.9 Å². The van der Waals surface area contributed by atoms with Gasteiger partial charge in [-0.1, -0.05) is 6.92 Å². The third-order valence-corrected chi connectivity index (χ3v) is 6.69. The van der Waals surface area contributed by atoms with E-state index < -0.39 is 70.7 Å². The molecule has 120 valence electrons. The summed E-state index contributed by atoms with van der Waals surface area (Å²) in [5.74, 6) is -3.07. The van der Waals surface area contributed by atoms with E-state index in [1.54, 1.807) is 20.8 Å². The number of fused-ring (bicyclic) bond motifs is 7. The largest absolute Gasteiger partial charge is 0.458 e. The van der Waals surface area contributed by atoms with Crippen LogP contribution in [0.5, 0.6) is 0 Å². The molecule has 1 unspecified atom stereocenters. The number of aliphatic hydroxyl groups is 2. The van der Waals surface area contributed by atoms with Crippen molar-refractivity contribution in [2.45, 2.75) is 56.4 Å². The van der Waals surface area contributed by atoms with E-state index in [1.165, 1.54) is 0 Å². The molecule has 7 heteroatoms. The van der Waals surface area contributed by atoms with Crippen LogP contribution in [0.3, 0.4) is 0 Å². The second-order valence-corrected chi connectivity index (χ2v) is 8.02. The maximum absolute atomic E-state index is 12.4. The average molecular weight is 310 g/mol. The third kappa shape index (κ3) is 1.04. The highest BCUT2D eigenvalue weighted by Gasteiger charge is 2.91. The van der Waals surface area contributed by atoms with Gasteiger partial charge in [0.2, 0.25) is 0 Å². The van der Waals surface area contributed by atoms with Gasteiger partial charge in [0, 0.05) is 5.92 Å². The molecule has 0 aromatic heterocycles. The first kappa shape index (κ1) is 13.3. The lowest BCUT2D eigenvalue weighted by Crippen LogP contribution is -2.69. The molecule has 7 nitrogen and oxygen atoms in total. The van der Waals surface area contributed by atoms with Crippen LogP contribution >= 0.6 is 0 Å². The van der Waals surface area contributed by atoms with Crippen molar-refractivity contribution in [1.29, 1.82) is 0 Å². The molecule has 0 radical (unpaired) electrons. The summed E-state index contributed by atoms with van der Waals surface area (Å²) in [6, 6.07) is 0. The van der Waals surface area contributed by atoms with Gasteiger partial charge >= 0.3 is 11.9 Å². The Hall–Kier alpha value is -1.18. The fourth-order valence-electron chi connectivity index (χ4n) is 5.78. The monoisotopic (exact) mass is 310 g/mol. The van der Waals surface area contributed by atoms with Gasteiger partial charge in [0.1, 0.15) is 30.0 Å². The highest BCUT2D eigenvalue weighted by molar-refractivity contribution is 5.85. The zero-order valence-corrected chi connectivity index (χ0v) is 12.5. The Bertz CT molecular complexity index is 624. The smallest absolute Gasteiger partial charge is 0.312 e. The lowest BCUT2D eigenvalue weighted by atomic mass is 9.52. The van der Waals surface area contributed by atoms with Gasteiger partial charge in [-0.15, -0.1) is 0 Å². The second-order valence-electron chi connectivity index (χ2n) is 8.02. The molecular weight excluding hydrogens is 292 g/mol. The molecular formula is C15H18O7. The summed E-state index contributed by atoms with van der Waals surface area (Å²) in [6.45, 7) is 4.95. The third-order valence-electron chi connectivity index (χ3n) is 6.69. The van der Waals surface area contributed by atoms with Crippen LogP contribution in [0.2, 0.25) is 0 Å². The Morgan fingerprint density at radius 2 is 1.68 bits per heavy atom. The van der Waals surface area contributed by atoms with E-state index in [1.807, 2.05) is 0 Å². The Kier molecular flexibility index (Phi) is 1.93. The summed E-state index contributed by atoms with van der Waals surface area (Å²) in [4.78, 5) is 24.7. The maximum atomic E-state index is 12.4. The van der Waals surface area contributed by atoms with Crippen molar-refractivity contribution in [3.8, 4) is 0 Å². The highest BCUT2D eigenvalue weighted by atomic mass is 16.6. The summed E-state index contributed by atoms with van der Waals surface area (Å²) in [5, 5.41) is 22.0. The number of esters is 2. The van der Waals surface area contributed by atoms with Crippen molar-refractivity contribution in [1.82, 2.24) is 0 Å². The van der Waals surface area contributed by atoms with Crippen molar-refractivity contribution < 1.29 is 34.0 Å². The van der Waals surface area contributed by atoms with Crippen molar-refractivity contribution in [2.75, 3.05) is 0 Å². The van der Waals surface area contributed by atoms with E-state index in [9.17, 15) is 19.8 Å². The molecule has 0 amide bonds. The molecule has 5 fully saturated rings. The molecule has 2 aliphatic carbocycles. The van der Waals surface area contributed by atoms with Crippen LogP contribution < -0.4 is 0 Å². The first-order chi connectivity index (χ1) is 10.1. The van der Waals surface area contributed by atoms with Crippen LogP contribution in [0.25, 0.3) is 0 Å². The SMILES string of the molecule is CC(C)(O)[C@@H]1[C@H]2OC(=O)[C@@H]1[C@]1(O)[C@H]3OC3[C@H]3C(=O)O[C@H]2[C@@]31C. The van der Waals surface area contributed by atoms with Crippen LogP contribution in [-0.4, -0.2) is 57.8 Å². The average Bonchev–Trinajstić information content (AvgIpc) is 2.96. The molecule has 0 aromatic carbocycles. The van der Waals surface area contributed by atoms with Gasteiger partial charge < -0.3 is 24.4 Å². The van der Waals surface area contributed by atoms with E-state index in [4.69, 9.17) is 14.2 Å². The Balaban J connectivity index is 1.76. The molecule has 2 bridgehead atoms. The summed E-state index contributed by atoms with van der Waals surface area (Å²) in [6.07, 6.45) is -2.44. The van der Waals surface area contributed by atoms with E-state index in [0.717, 1.165) is 0 Å². The molecule has 0 spiro atoms. The van der Waals surface area contributed by atoms with E-state index in [-0.39, 0.29) is 0 Å². The molecule has 5 rings (SSSR count). The van der Waals surface area contributed by atoms with Crippen molar-refractivity contribution in [2.24, 2.45) is 23.2 Å². The topological polar surface area (TPSA) is 106 Å². The molecule has 3 heterocycles. The van der Waals surface area contributed by atoms with Crippen LogP contribution in [0, 0.1) is 23.2 Å². The number of carbonyl (C=O) groups excluding carboxylic acids is 2. The minimum Gasteiger partial charge on any atom is -0.458 e. The van der Waals surface area contributed by atoms with Gasteiger partial charge in [-0.05, 0) is 13.8 Å². The molecule has 2 saturated carbocycles. The zero-order valence-electron chi connectivity index (χ0n) is 12.5. The summed E-state index contributed by atoms with van der Waals surface area (Å²) < 4.78 is 16.5. The fraction of sp³-hybridized carbons (Fsp3) is 0.867. The number of ether oxygens (including phenoxy) is 3. The number of epoxide rings is 1. The summed E-state index contributed by atoms with van der Waals surface area (Å²) >= 11 is 0. The quantitative estimate of drug-likeness (QED) is 0.472. The van der Waals surface area contributed by atoms with Crippen LogP contribution in [0.1, 0.15) is 20.8 Å². The minimum atomic E-state index is -1.55. The lowest BCUT2D eigenvalue weighted by Gasteiger charge is -2.53.